The molecule has 1 aliphatic carbocycles. The lowest BCUT2D eigenvalue weighted by Gasteiger charge is -2.21. The summed E-state index contributed by atoms with van der Waals surface area (Å²) in [5.41, 5.74) is -0.163. The van der Waals surface area contributed by atoms with E-state index < -0.39 is 30.2 Å². The van der Waals surface area contributed by atoms with Crippen molar-refractivity contribution < 1.29 is 31.8 Å². The Balaban J connectivity index is 1.61. The number of rotatable bonds is 8. The number of aryl methyl sites for hydroxylation is 1. The minimum absolute atomic E-state index is 0.0581. The van der Waals surface area contributed by atoms with Crippen molar-refractivity contribution in [3.63, 3.8) is 0 Å². The van der Waals surface area contributed by atoms with Gasteiger partial charge >= 0.3 is 6.18 Å². The van der Waals surface area contributed by atoms with Gasteiger partial charge in [0.2, 0.25) is 5.91 Å². The zero-order chi connectivity index (χ0) is 24.5. The van der Waals surface area contributed by atoms with Crippen molar-refractivity contribution in [2.45, 2.75) is 57.7 Å². The molecule has 0 radical (unpaired) electrons. The van der Waals surface area contributed by atoms with Crippen LogP contribution < -0.4 is 10.6 Å². The summed E-state index contributed by atoms with van der Waals surface area (Å²) in [6, 6.07) is 4.00. The highest BCUT2D eigenvalue weighted by molar-refractivity contribution is 5.80. The number of hydrogen-bond donors (Lipinski definition) is 2. The molecule has 4 rings (SSSR count). The number of halogens is 4. The normalized spacial score (nSPS) is 17.6. The first-order chi connectivity index (χ1) is 16.1. The molecule has 0 atom stereocenters. The fourth-order valence-corrected chi connectivity index (χ4v) is 3.98. The van der Waals surface area contributed by atoms with Crippen LogP contribution in [0.5, 0.6) is 0 Å². The number of nitrogens with one attached hydrogen (secondary N) is 2. The Bertz CT molecular complexity index is 1070. The van der Waals surface area contributed by atoms with Gasteiger partial charge in [0, 0.05) is 6.54 Å². The first-order valence-electron chi connectivity index (χ1n) is 11.0. The van der Waals surface area contributed by atoms with Crippen molar-refractivity contribution in [2.24, 2.45) is 0 Å². The maximum Gasteiger partial charge on any atom is 0.416 e. The SMILES string of the molecule is Cc1nc(CC(=O)NC2(CF)CC2)c(C2OCCO2)c(NCc2cccc(C(F)(F)F)c2C)n1. The summed E-state index contributed by atoms with van der Waals surface area (Å²) in [7, 11) is 0. The van der Waals surface area contributed by atoms with E-state index in [9.17, 15) is 22.4 Å². The average molecular weight is 482 g/mol. The number of alkyl halides is 4. The molecule has 1 aliphatic heterocycles. The van der Waals surface area contributed by atoms with Crippen LogP contribution in [0.2, 0.25) is 0 Å². The van der Waals surface area contributed by atoms with Crippen molar-refractivity contribution in [3.8, 4) is 0 Å². The van der Waals surface area contributed by atoms with Crippen LogP contribution in [0.15, 0.2) is 18.2 Å². The van der Waals surface area contributed by atoms with E-state index in [2.05, 4.69) is 20.6 Å². The number of hydrogen-bond acceptors (Lipinski definition) is 6. The molecule has 1 saturated heterocycles. The molecular formula is C23H26F4N4O3. The predicted octanol–water partition coefficient (Wildman–Crippen LogP) is 3.93. The molecule has 1 saturated carbocycles. The summed E-state index contributed by atoms with van der Waals surface area (Å²) in [5, 5.41) is 5.81. The van der Waals surface area contributed by atoms with Gasteiger partial charge in [-0.25, -0.2) is 14.4 Å². The quantitative estimate of drug-likeness (QED) is 0.555. The molecule has 2 fully saturated rings. The van der Waals surface area contributed by atoms with Crippen molar-refractivity contribution in [1.29, 1.82) is 0 Å². The van der Waals surface area contributed by atoms with Crippen molar-refractivity contribution in [1.82, 2.24) is 15.3 Å². The Labute approximate surface area is 194 Å². The molecule has 11 heteroatoms. The van der Waals surface area contributed by atoms with Crippen LogP contribution in [0.25, 0.3) is 0 Å². The van der Waals surface area contributed by atoms with Crippen molar-refractivity contribution in [3.05, 3.63) is 52.0 Å². The Kier molecular flexibility index (Phi) is 6.77. The summed E-state index contributed by atoms with van der Waals surface area (Å²) in [4.78, 5) is 21.4. The van der Waals surface area contributed by atoms with Crippen LogP contribution >= 0.6 is 0 Å². The molecule has 34 heavy (non-hydrogen) atoms. The zero-order valence-electron chi connectivity index (χ0n) is 18.9. The first-order valence-corrected chi connectivity index (χ1v) is 11.0. The maximum absolute atomic E-state index is 13.3. The highest BCUT2D eigenvalue weighted by Crippen LogP contribution is 2.37. The van der Waals surface area contributed by atoms with E-state index in [1.54, 1.807) is 13.0 Å². The van der Waals surface area contributed by atoms with E-state index in [1.165, 1.54) is 13.0 Å². The lowest BCUT2D eigenvalue weighted by molar-refractivity contribution is -0.138. The van der Waals surface area contributed by atoms with Crippen LogP contribution in [0.4, 0.5) is 23.4 Å². The molecule has 1 aromatic heterocycles. The van der Waals surface area contributed by atoms with Gasteiger partial charge in [-0.3, -0.25) is 4.79 Å². The molecule has 7 nitrogen and oxygen atoms in total. The molecule has 2 N–H and O–H groups in total. The van der Waals surface area contributed by atoms with E-state index in [0.717, 1.165) is 6.07 Å². The Morgan fingerprint density at radius 1 is 1.18 bits per heavy atom. The third-order valence-corrected chi connectivity index (χ3v) is 6.03. The predicted molar refractivity (Wildman–Crippen MR) is 115 cm³/mol. The zero-order valence-corrected chi connectivity index (χ0v) is 18.9. The van der Waals surface area contributed by atoms with E-state index in [0.29, 0.717) is 54.5 Å². The van der Waals surface area contributed by atoms with Crippen LogP contribution in [0.1, 0.15) is 52.9 Å². The number of ether oxygens (including phenoxy) is 2. The highest BCUT2D eigenvalue weighted by Gasteiger charge is 2.44. The fourth-order valence-electron chi connectivity index (χ4n) is 3.98. The number of benzene rings is 1. The smallest absolute Gasteiger partial charge is 0.365 e. The van der Waals surface area contributed by atoms with Crippen LogP contribution in [0, 0.1) is 13.8 Å². The number of nitrogens with zero attached hydrogens (tertiary/aromatic N) is 2. The van der Waals surface area contributed by atoms with Gasteiger partial charge in [0.15, 0.2) is 6.29 Å². The van der Waals surface area contributed by atoms with E-state index in [4.69, 9.17) is 9.47 Å². The number of carbonyl (C=O) groups excluding carboxylic acids is 1. The lowest BCUT2D eigenvalue weighted by atomic mass is 10.0. The van der Waals surface area contributed by atoms with Gasteiger partial charge in [0.05, 0.1) is 42.0 Å². The summed E-state index contributed by atoms with van der Waals surface area (Å²) in [6.07, 6.45) is -4.25. The van der Waals surface area contributed by atoms with Crippen molar-refractivity contribution in [2.75, 3.05) is 25.2 Å². The second-order valence-electron chi connectivity index (χ2n) is 8.63. The summed E-state index contributed by atoms with van der Waals surface area (Å²) < 4.78 is 64.4. The van der Waals surface area contributed by atoms with Crippen LogP contribution in [-0.4, -0.2) is 41.3 Å². The molecule has 0 spiro atoms. The Hall–Kier alpha value is -2.79. The molecule has 2 heterocycles. The Morgan fingerprint density at radius 2 is 1.88 bits per heavy atom. The highest BCUT2D eigenvalue weighted by atomic mass is 19.4. The molecule has 2 aromatic rings. The third kappa shape index (κ3) is 5.30. The first kappa shape index (κ1) is 24.3. The van der Waals surface area contributed by atoms with E-state index in [-0.39, 0.29) is 24.4 Å². The lowest BCUT2D eigenvalue weighted by Crippen LogP contribution is -2.39. The van der Waals surface area contributed by atoms with Crippen molar-refractivity contribution >= 4 is 11.7 Å². The van der Waals surface area contributed by atoms with Crippen LogP contribution in [-0.2, 0) is 33.4 Å². The molecular weight excluding hydrogens is 456 g/mol. The second-order valence-corrected chi connectivity index (χ2v) is 8.63. The van der Waals surface area contributed by atoms with Gasteiger partial charge in [-0.1, -0.05) is 12.1 Å². The number of anilines is 1. The van der Waals surface area contributed by atoms with E-state index in [1.807, 2.05) is 0 Å². The third-order valence-electron chi connectivity index (χ3n) is 6.03. The fraction of sp³-hybridized carbons (Fsp3) is 0.522. The number of aromatic nitrogens is 2. The molecule has 184 valence electrons. The van der Waals surface area contributed by atoms with Gasteiger partial charge in [0.25, 0.3) is 0 Å². The largest absolute Gasteiger partial charge is 0.416 e. The molecule has 2 aliphatic rings. The maximum atomic E-state index is 13.3. The molecule has 0 unspecified atom stereocenters. The van der Waals surface area contributed by atoms with Gasteiger partial charge in [-0.15, -0.1) is 0 Å². The standard InChI is InChI=1S/C23H26F4N4O3/c1-13-15(4-3-5-16(13)23(25,26)27)11-28-20-19(21-33-8-9-34-21)17(29-14(2)30-20)10-18(32)31-22(12-24)6-7-22/h3-5,21H,6-12H2,1-2H3,(H,31,32)(H,28,29,30). The van der Waals surface area contributed by atoms with E-state index >= 15 is 0 Å². The second kappa shape index (κ2) is 9.46. The van der Waals surface area contributed by atoms with Gasteiger partial charge < -0.3 is 20.1 Å². The summed E-state index contributed by atoms with van der Waals surface area (Å²) in [6.45, 7) is 3.16. The molecule has 0 bridgehead atoms. The Morgan fingerprint density at radius 3 is 2.50 bits per heavy atom. The van der Waals surface area contributed by atoms with Gasteiger partial charge in [0.1, 0.15) is 18.3 Å². The molecule has 1 amide bonds. The summed E-state index contributed by atoms with van der Waals surface area (Å²) >= 11 is 0. The molecule has 1 aromatic carbocycles. The topological polar surface area (TPSA) is 85.4 Å². The van der Waals surface area contributed by atoms with Gasteiger partial charge in [-0.2, -0.15) is 13.2 Å². The minimum atomic E-state index is -4.46. The summed E-state index contributed by atoms with van der Waals surface area (Å²) in [5.74, 6) is 0.289. The van der Waals surface area contributed by atoms with Crippen LogP contribution in [0.3, 0.4) is 0 Å². The average Bonchev–Trinajstić information content (AvgIpc) is 3.32. The van der Waals surface area contributed by atoms with Gasteiger partial charge in [-0.05, 0) is 43.9 Å². The minimum Gasteiger partial charge on any atom is -0.365 e. The monoisotopic (exact) mass is 482 g/mol. The number of carbonyl (C=O) groups is 1. The number of amides is 1.